The summed E-state index contributed by atoms with van der Waals surface area (Å²) in [6.45, 7) is 3.45. The number of fused-ring (bicyclic) bond motifs is 2. The van der Waals surface area contributed by atoms with Gasteiger partial charge in [0.15, 0.2) is 5.65 Å². The minimum Gasteiger partial charge on any atom is -0.439 e. The van der Waals surface area contributed by atoms with Gasteiger partial charge in [0.2, 0.25) is 17.7 Å². The molecule has 0 aliphatic heterocycles. The molecule has 2 N–H and O–H groups in total. The van der Waals surface area contributed by atoms with Gasteiger partial charge in [-0.1, -0.05) is 18.7 Å². The third kappa shape index (κ3) is 3.94. The number of hydrogen-bond donors (Lipinski definition) is 2. The van der Waals surface area contributed by atoms with E-state index in [0.717, 1.165) is 15.9 Å². The number of nitrogens with one attached hydrogen (secondary N) is 2. The number of thiazole rings is 1. The van der Waals surface area contributed by atoms with Gasteiger partial charge in [-0.2, -0.15) is 9.50 Å². The first kappa shape index (κ1) is 18.8. The molecule has 1 amide bonds. The molecule has 0 spiro atoms. The van der Waals surface area contributed by atoms with Crippen LogP contribution in [-0.4, -0.2) is 25.5 Å². The summed E-state index contributed by atoms with van der Waals surface area (Å²) in [6, 6.07) is 18.5. The Morgan fingerprint density at radius 3 is 2.90 bits per heavy atom. The van der Waals surface area contributed by atoms with Crippen LogP contribution in [0, 0.1) is 0 Å². The molecule has 0 aliphatic carbocycles. The zero-order valence-corrected chi connectivity index (χ0v) is 17.0. The lowest BCUT2D eigenvalue weighted by atomic mass is 10.3. The number of pyridine rings is 1. The molecule has 9 heteroatoms. The third-order valence-electron chi connectivity index (χ3n) is 4.42. The molecule has 5 rings (SSSR count). The Labute approximate surface area is 180 Å². The number of hydrogen-bond acceptors (Lipinski definition) is 7. The van der Waals surface area contributed by atoms with E-state index < -0.39 is 0 Å². The van der Waals surface area contributed by atoms with Crippen molar-refractivity contribution in [1.29, 1.82) is 0 Å². The molecule has 5 aromatic rings. The number of aromatic nitrogens is 4. The normalized spacial score (nSPS) is 10.8. The van der Waals surface area contributed by atoms with Crippen molar-refractivity contribution < 1.29 is 9.53 Å². The Morgan fingerprint density at radius 1 is 1.10 bits per heavy atom. The van der Waals surface area contributed by atoms with Crippen molar-refractivity contribution in [2.45, 2.75) is 0 Å². The smallest absolute Gasteiger partial charge is 0.247 e. The predicted octanol–water partition coefficient (Wildman–Crippen LogP) is 5.00. The van der Waals surface area contributed by atoms with E-state index >= 15 is 0 Å². The molecule has 0 saturated carbocycles. The molecule has 0 bridgehead atoms. The summed E-state index contributed by atoms with van der Waals surface area (Å²) in [4.78, 5) is 20.4. The molecule has 0 radical (unpaired) electrons. The molecule has 152 valence electrons. The van der Waals surface area contributed by atoms with Crippen molar-refractivity contribution in [2.75, 3.05) is 10.6 Å². The van der Waals surface area contributed by atoms with Crippen LogP contribution >= 0.6 is 11.3 Å². The fraction of sp³-hybridized carbons (Fsp3) is 0. The number of carbonyl (C=O) groups is 1. The average molecular weight is 428 g/mol. The minimum atomic E-state index is -0.290. The molecule has 2 aromatic carbocycles. The van der Waals surface area contributed by atoms with Crippen molar-refractivity contribution in [1.82, 2.24) is 19.6 Å². The second-order valence-corrected chi connectivity index (χ2v) is 7.44. The number of carbonyl (C=O) groups excluding carboxylic acids is 1. The molecule has 0 aliphatic rings. The number of amides is 1. The van der Waals surface area contributed by atoms with Gasteiger partial charge in [-0.3, -0.25) is 4.79 Å². The number of rotatable bonds is 6. The van der Waals surface area contributed by atoms with E-state index in [1.54, 1.807) is 46.2 Å². The van der Waals surface area contributed by atoms with E-state index in [1.165, 1.54) is 6.08 Å². The Kier molecular flexibility index (Phi) is 4.77. The summed E-state index contributed by atoms with van der Waals surface area (Å²) in [5, 5.41) is 10.4. The maximum atomic E-state index is 11.5. The van der Waals surface area contributed by atoms with Crippen LogP contribution in [0.15, 0.2) is 78.8 Å². The van der Waals surface area contributed by atoms with Crippen LogP contribution in [0.1, 0.15) is 0 Å². The fourth-order valence-corrected chi connectivity index (χ4v) is 3.69. The van der Waals surface area contributed by atoms with Gasteiger partial charge in [0.25, 0.3) is 0 Å². The number of benzene rings is 2. The van der Waals surface area contributed by atoms with Gasteiger partial charge in [-0.25, -0.2) is 4.98 Å². The second kappa shape index (κ2) is 7.88. The summed E-state index contributed by atoms with van der Waals surface area (Å²) in [7, 11) is 0. The quantitative estimate of drug-likeness (QED) is 0.370. The number of ether oxygens (including phenoxy) is 1. The van der Waals surface area contributed by atoms with Gasteiger partial charge < -0.3 is 15.4 Å². The van der Waals surface area contributed by atoms with Crippen LogP contribution in [0.25, 0.3) is 15.9 Å². The Bertz CT molecular complexity index is 1420. The molecular weight excluding hydrogens is 412 g/mol. The zero-order valence-electron chi connectivity index (χ0n) is 16.1. The monoisotopic (exact) mass is 428 g/mol. The van der Waals surface area contributed by atoms with Gasteiger partial charge in [-0.05, 0) is 42.5 Å². The van der Waals surface area contributed by atoms with Crippen molar-refractivity contribution in [2.24, 2.45) is 0 Å². The Balaban J connectivity index is 1.41. The maximum absolute atomic E-state index is 11.5. The second-order valence-electron chi connectivity index (χ2n) is 6.55. The van der Waals surface area contributed by atoms with Crippen molar-refractivity contribution in [3.05, 3.63) is 78.8 Å². The summed E-state index contributed by atoms with van der Waals surface area (Å²) >= 11 is 1.60. The zero-order chi connectivity index (χ0) is 21.2. The minimum absolute atomic E-state index is 0.290. The first-order chi connectivity index (χ1) is 15.2. The SMILES string of the molecule is C=CC(=O)Nc1cccc(Oc2cccc3nc(Nc4ccc5scnc5c4)nn23)c1. The van der Waals surface area contributed by atoms with Gasteiger partial charge in [0, 0.05) is 23.5 Å². The van der Waals surface area contributed by atoms with Gasteiger partial charge >= 0.3 is 0 Å². The van der Waals surface area contributed by atoms with E-state index in [4.69, 9.17) is 4.74 Å². The highest BCUT2D eigenvalue weighted by Gasteiger charge is 2.10. The van der Waals surface area contributed by atoms with E-state index in [-0.39, 0.29) is 5.91 Å². The number of nitrogens with zero attached hydrogens (tertiary/aromatic N) is 4. The summed E-state index contributed by atoms with van der Waals surface area (Å²) in [6.07, 6.45) is 1.21. The first-order valence-corrected chi connectivity index (χ1v) is 10.2. The van der Waals surface area contributed by atoms with Gasteiger partial charge in [0.05, 0.1) is 15.7 Å². The lowest BCUT2D eigenvalue weighted by Gasteiger charge is -2.08. The predicted molar refractivity (Wildman–Crippen MR) is 121 cm³/mol. The number of anilines is 3. The van der Waals surface area contributed by atoms with Gasteiger partial charge in [-0.15, -0.1) is 16.4 Å². The third-order valence-corrected chi connectivity index (χ3v) is 5.23. The van der Waals surface area contributed by atoms with Crippen molar-refractivity contribution in [3.8, 4) is 11.6 Å². The lowest BCUT2D eigenvalue weighted by Crippen LogP contribution is -2.07. The lowest BCUT2D eigenvalue weighted by molar-refractivity contribution is -0.111. The fourth-order valence-electron chi connectivity index (χ4n) is 3.03. The van der Waals surface area contributed by atoms with Crippen molar-refractivity contribution >= 4 is 50.4 Å². The van der Waals surface area contributed by atoms with E-state index in [0.29, 0.717) is 28.9 Å². The van der Waals surface area contributed by atoms with Crippen LogP contribution in [-0.2, 0) is 4.79 Å². The first-order valence-electron chi connectivity index (χ1n) is 9.35. The van der Waals surface area contributed by atoms with Gasteiger partial charge in [0.1, 0.15) is 5.75 Å². The molecule has 31 heavy (non-hydrogen) atoms. The molecule has 3 aromatic heterocycles. The van der Waals surface area contributed by atoms with Crippen LogP contribution in [0.5, 0.6) is 11.6 Å². The summed E-state index contributed by atoms with van der Waals surface area (Å²) in [5.74, 6) is 1.19. The molecule has 0 unspecified atom stereocenters. The molecule has 3 heterocycles. The Hall–Kier alpha value is -4.24. The summed E-state index contributed by atoms with van der Waals surface area (Å²) < 4.78 is 8.74. The van der Waals surface area contributed by atoms with Crippen LogP contribution in [0.2, 0.25) is 0 Å². The van der Waals surface area contributed by atoms with Crippen LogP contribution < -0.4 is 15.4 Å². The van der Waals surface area contributed by atoms with E-state index in [9.17, 15) is 4.79 Å². The largest absolute Gasteiger partial charge is 0.439 e. The topological polar surface area (TPSA) is 93.4 Å². The van der Waals surface area contributed by atoms with E-state index in [1.807, 2.05) is 35.8 Å². The highest BCUT2D eigenvalue weighted by Crippen LogP contribution is 2.26. The molecule has 0 atom stereocenters. The Morgan fingerprint density at radius 2 is 2.00 bits per heavy atom. The molecule has 8 nitrogen and oxygen atoms in total. The summed E-state index contributed by atoms with van der Waals surface area (Å²) in [5.41, 5.74) is 4.83. The van der Waals surface area contributed by atoms with Crippen LogP contribution in [0.3, 0.4) is 0 Å². The van der Waals surface area contributed by atoms with Crippen LogP contribution in [0.4, 0.5) is 17.3 Å². The highest BCUT2D eigenvalue weighted by molar-refractivity contribution is 7.16. The standard InChI is InChI=1S/C22H16N6O2S/c1-2-20(29)24-14-5-3-6-16(11-14)30-21-8-4-7-19-26-22(27-28(19)21)25-15-9-10-18-17(12-15)23-13-31-18/h2-13H,1H2,(H,24,29)(H,25,27). The molecular formula is C22H16N6O2S. The molecule has 0 fully saturated rings. The molecule has 0 saturated heterocycles. The van der Waals surface area contributed by atoms with E-state index in [2.05, 4.69) is 32.3 Å². The highest BCUT2D eigenvalue weighted by atomic mass is 32.1. The maximum Gasteiger partial charge on any atom is 0.247 e. The average Bonchev–Trinajstić information content (AvgIpc) is 3.40. The van der Waals surface area contributed by atoms with Crippen molar-refractivity contribution in [3.63, 3.8) is 0 Å².